The molecule has 0 saturated heterocycles. The van der Waals surface area contributed by atoms with Gasteiger partial charge < -0.3 is 4.74 Å². The van der Waals surface area contributed by atoms with Crippen LogP contribution in [0.5, 0.6) is 5.75 Å². The number of alkyl halides is 2. The second-order valence-electron chi connectivity index (χ2n) is 2.80. The normalized spacial score (nSPS) is 10.5. The van der Waals surface area contributed by atoms with Gasteiger partial charge in [0.2, 0.25) is 0 Å². The summed E-state index contributed by atoms with van der Waals surface area (Å²) in [4.78, 5) is 14.4. The minimum absolute atomic E-state index is 0.171. The number of ether oxygens (including phenoxy) is 1. The molecule has 1 aromatic rings. The third-order valence-electron chi connectivity index (χ3n) is 1.87. The Morgan fingerprint density at radius 1 is 1.60 bits per heavy atom. The number of aromatic nitrogens is 1. The van der Waals surface area contributed by atoms with Gasteiger partial charge in [0.25, 0.3) is 11.7 Å². The predicted octanol–water partition coefficient (Wildman–Crippen LogP) is 2.72. The molecule has 0 radical (unpaired) electrons. The fourth-order valence-corrected chi connectivity index (χ4v) is 1.30. The van der Waals surface area contributed by atoms with Crippen LogP contribution in [0.2, 0.25) is 0 Å². The SMILES string of the molecule is COc1cc(C(F)F)nc(C(=O)Cl)c1C. The first kappa shape index (κ1) is 11.8. The Hall–Kier alpha value is -1.23. The number of hydrogen-bond donors (Lipinski definition) is 0. The summed E-state index contributed by atoms with van der Waals surface area (Å²) in [6.07, 6.45) is -2.77. The van der Waals surface area contributed by atoms with Crippen molar-refractivity contribution in [2.45, 2.75) is 13.3 Å². The highest BCUT2D eigenvalue weighted by Crippen LogP contribution is 2.27. The van der Waals surface area contributed by atoms with E-state index in [4.69, 9.17) is 16.3 Å². The lowest BCUT2D eigenvalue weighted by Gasteiger charge is -2.09. The molecule has 0 amide bonds. The smallest absolute Gasteiger partial charge is 0.280 e. The number of methoxy groups -OCH3 is 1. The molecule has 0 unspecified atom stereocenters. The van der Waals surface area contributed by atoms with E-state index < -0.39 is 17.4 Å². The van der Waals surface area contributed by atoms with E-state index in [2.05, 4.69) is 4.98 Å². The number of pyridine rings is 1. The van der Waals surface area contributed by atoms with Crippen molar-refractivity contribution in [2.75, 3.05) is 7.11 Å². The van der Waals surface area contributed by atoms with Crippen LogP contribution in [0.3, 0.4) is 0 Å². The predicted molar refractivity (Wildman–Crippen MR) is 50.7 cm³/mol. The van der Waals surface area contributed by atoms with E-state index in [1.807, 2.05) is 0 Å². The fraction of sp³-hybridized carbons (Fsp3) is 0.333. The molecule has 0 atom stereocenters. The van der Waals surface area contributed by atoms with E-state index in [0.717, 1.165) is 6.07 Å². The van der Waals surface area contributed by atoms with Crippen LogP contribution < -0.4 is 4.74 Å². The molecule has 3 nitrogen and oxygen atoms in total. The van der Waals surface area contributed by atoms with Gasteiger partial charge in [-0.2, -0.15) is 0 Å². The molecular weight excluding hydrogens is 228 g/mol. The highest BCUT2D eigenvalue weighted by atomic mass is 35.5. The zero-order valence-electron chi connectivity index (χ0n) is 8.05. The molecule has 0 fully saturated rings. The van der Waals surface area contributed by atoms with E-state index in [1.165, 1.54) is 14.0 Å². The summed E-state index contributed by atoms with van der Waals surface area (Å²) in [6, 6.07) is 1.09. The second kappa shape index (κ2) is 4.53. The quantitative estimate of drug-likeness (QED) is 0.756. The van der Waals surface area contributed by atoms with Crippen LogP contribution in [-0.4, -0.2) is 17.3 Å². The summed E-state index contributed by atoms with van der Waals surface area (Å²) in [5, 5.41) is -0.881. The van der Waals surface area contributed by atoms with Crippen LogP contribution in [0, 0.1) is 6.92 Å². The van der Waals surface area contributed by atoms with Crippen molar-refractivity contribution in [3.05, 3.63) is 23.0 Å². The van der Waals surface area contributed by atoms with Gasteiger partial charge in [-0.3, -0.25) is 4.79 Å². The maximum Gasteiger partial charge on any atom is 0.280 e. The van der Waals surface area contributed by atoms with Crippen LogP contribution in [0.25, 0.3) is 0 Å². The van der Waals surface area contributed by atoms with Crippen LogP contribution >= 0.6 is 11.6 Å². The summed E-state index contributed by atoms with van der Waals surface area (Å²) in [5.41, 5.74) is -0.380. The van der Waals surface area contributed by atoms with Crippen molar-refractivity contribution in [1.29, 1.82) is 0 Å². The van der Waals surface area contributed by atoms with Gasteiger partial charge in [-0.05, 0) is 18.5 Å². The molecule has 6 heteroatoms. The standard InChI is InChI=1S/C9H8ClF2NO2/c1-4-6(15-2)3-5(9(11)12)13-7(4)8(10)14/h3,9H,1-2H3. The highest BCUT2D eigenvalue weighted by Gasteiger charge is 2.18. The third-order valence-corrected chi connectivity index (χ3v) is 2.05. The van der Waals surface area contributed by atoms with Gasteiger partial charge in [0.1, 0.15) is 17.1 Å². The van der Waals surface area contributed by atoms with Gasteiger partial charge in [0.05, 0.1) is 7.11 Å². The monoisotopic (exact) mass is 235 g/mol. The minimum Gasteiger partial charge on any atom is -0.496 e. The van der Waals surface area contributed by atoms with Crippen molar-refractivity contribution in [1.82, 2.24) is 4.98 Å². The highest BCUT2D eigenvalue weighted by molar-refractivity contribution is 6.67. The summed E-state index contributed by atoms with van der Waals surface area (Å²) >= 11 is 5.21. The number of carbonyl (C=O) groups excluding carboxylic acids is 1. The molecule has 0 aromatic carbocycles. The molecule has 0 spiro atoms. The fourth-order valence-electron chi connectivity index (χ4n) is 1.12. The van der Waals surface area contributed by atoms with Crippen molar-refractivity contribution in [2.24, 2.45) is 0 Å². The lowest BCUT2D eigenvalue weighted by molar-refractivity contribution is 0.107. The molecule has 0 aliphatic carbocycles. The Morgan fingerprint density at radius 3 is 2.60 bits per heavy atom. The molecule has 15 heavy (non-hydrogen) atoms. The largest absolute Gasteiger partial charge is 0.496 e. The lowest BCUT2D eigenvalue weighted by Crippen LogP contribution is -2.04. The number of carbonyl (C=O) groups is 1. The molecule has 0 bridgehead atoms. The third kappa shape index (κ3) is 2.41. The Balaban J connectivity index is 3.38. The first-order valence-electron chi connectivity index (χ1n) is 4.01. The molecule has 1 rings (SSSR count). The maximum atomic E-state index is 12.4. The Morgan fingerprint density at radius 2 is 2.20 bits per heavy atom. The topological polar surface area (TPSA) is 39.2 Å². The molecule has 0 saturated carbocycles. The average molecular weight is 236 g/mol. The summed E-state index contributed by atoms with van der Waals surface area (Å²) in [5.74, 6) is 0.171. The molecule has 0 N–H and O–H groups in total. The Kier molecular flexibility index (Phi) is 3.57. The summed E-state index contributed by atoms with van der Waals surface area (Å²) in [7, 11) is 1.32. The van der Waals surface area contributed by atoms with Crippen LogP contribution in [0.4, 0.5) is 8.78 Å². The summed E-state index contributed by atoms with van der Waals surface area (Å²) in [6.45, 7) is 1.52. The Labute approximate surface area is 90.0 Å². The summed E-state index contributed by atoms with van der Waals surface area (Å²) < 4.78 is 29.6. The van der Waals surface area contributed by atoms with Crippen molar-refractivity contribution < 1.29 is 18.3 Å². The van der Waals surface area contributed by atoms with Gasteiger partial charge in [-0.1, -0.05) is 0 Å². The first-order chi connectivity index (χ1) is 6.97. The van der Waals surface area contributed by atoms with Crippen molar-refractivity contribution in [3.8, 4) is 5.75 Å². The van der Waals surface area contributed by atoms with Crippen LogP contribution in [-0.2, 0) is 0 Å². The second-order valence-corrected chi connectivity index (χ2v) is 3.14. The van der Waals surface area contributed by atoms with Crippen LogP contribution in [0.15, 0.2) is 6.07 Å². The molecule has 0 aliphatic rings. The Bertz CT molecular complexity index is 396. The van der Waals surface area contributed by atoms with Gasteiger partial charge in [0.15, 0.2) is 0 Å². The number of nitrogens with zero attached hydrogens (tertiary/aromatic N) is 1. The van der Waals surface area contributed by atoms with Gasteiger partial charge in [-0.15, -0.1) is 0 Å². The molecule has 1 heterocycles. The molecule has 1 aromatic heterocycles. The van der Waals surface area contributed by atoms with Gasteiger partial charge in [-0.25, -0.2) is 13.8 Å². The zero-order valence-corrected chi connectivity index (χ0v) is 8.81. The minimum atomic E-state index is -2.77. The number of rotatable bonds is 3. The molecule has 82 valence electrons. The van der Waals surface area contributed by atoms with E-state index in [9.17, 15) is 13.6 Å². The lowest BCUT2D eigenvalue weighted by atomic mass is 10.2. The van der Waals surface area contributed by atoms with E-state index in [-0.39, 0.29) is 11.4 Å². The van der Waals surface area contributed by atoms with Crippen molar-refractivity contribution in [3.63, 3.8) is 0 Å². The number of halogens is 3. The first-order valence-corrected chi connectivity index (χ1v) is 4.38. The van der Waals surface area contributed by atoms with E-state index in [0.29, 0.717) is 5.56 Å². The molecular formula is C9H8ClF2NO2. The van der Waals surface area contributed by atoms with Gasteiger partial charge >= 0.3 is 0 Å². The van der Waals surface area contributed by atoms with Crippen LogP contribution in [0.1, 0.15) is 28.2 Å². The maximum absolute atomic E-state index is 12.4. The zero-order chi connectivity index (χ0) is 11.6. The number of hydrogen-bond acceptors (Lipinski definition) is 3. The van der Waals surface area contributed by atoms with Gasteiger partial charge in [0, 0.05) is 11.6 Å². The average Bonchev–Trinajstić information content (AvgIpc) is 2.17. The van der Waals surface area contributed by atoms with E-state index in [1.54, 1.807) is 0 Å². The molecule has 0 aliphatic heterocycles. The van der Waals surface area contributed by atoms with Crippen molar-refractivity contribution >= 4 is 16.8 Å². The van der Waals surface area contributed by atoms with E-state index >= 15 is 0 Å².